The molecule has 8 heteroatoms. The first-order chi connectivity index (χ1) is 20.5. The molecule has 232 valence electrons. The van der Waals surface area contributed by atoms with Crippen LogP contribution in [0.5, 0.6) is 0 Å². The van der Waals surface area contributed by atoms with Crippen LogP contribution >= 0.6 is 0 Å². The second kappa shape index (κ2) is 17.7. The number of carbonyl (C=O) groups is 4. The zero-order valence-corrected chi connectivity index (χ0v) is 26.3. The molecule has 0 heterocycles. The van der Waals surface area contributed by atoms with Gasteiger partial charge in [-0.15, -0.1) is 0 Å². The Morgan fingerprint density at radius 1 is 1.05 bits per heavy atom. The lowest BCUT2D eigenvalue weighted by atomic mass is 9.72. The van der Waals surface area contributed by atoms with Crippen molar-refractivity contribution in [3.8, 4) is 0 Å². The highest BCUT2D eigenvalue weighted by Crippen LogP contribution is 2.40. The van der Waals surface area contributed by atoms with E-state index in [0.717, 1.165) is 23.1 Å². The van der Waals surface area contributed by atoms with Crippen LogP contribution < -0.4 is 10.6 Å². The van der Waals surface area contributed by atoms with E-state index >= 15 is 0 Å². The molecule has 0 spiro atoms. The lowest BCUT2D eigenvalue weighted by Crippen LogP contribution is -2.51. The summed E-state index contributed by atoms with van der Waals surface area (Å²) in [5.41, 5.74) is 5.93. The van der Waals surface area contributed by atoms with Gasteiger partial charge in [0.1, 0.15) is 18.7 Å². The number of methoxy groups -OCH3 is 1. The number of amides is 2. The fraction of sp³-hybridized carbons (Fsp3) is 0.429. The highest BCUT2D eigenvalue weighted by molar-refractivity contribution is 5.91. The van der Waals surface area contributed by atoms with Gasteiger partial charge in [-0.2, -0.15) is 0 Å². The van der Waals surface area contributed by atoms with E-state index in [0.29, 0.717) is 6.41 Å². The minimum Gasteiger partial charge on any atom is -0.467 e. The maximum atomic E-state index is 12.8. The first-order valence-corrected chi connectivity index (χ1v) is 14.6. The smallest absolute Gasteiger partial charge is 0.328 e. The number of allylic oxidation sites excluding steroid dienone is 9. The van der Waals surface area contributed by atoms with Gasteiger partial charge in [0, 0.05) is 6.42 Å². The van der Waals surface area contributed by atoms with Crippen molar-refractivity contribution in [2.24, 2.45) is 5.41 Å². The molecule has 2 N–H and O–H groups in total. The number of benzene rings is 1. The molecule has 8 nitrogen and oxygen atoms in total. The highest BCUT2D eigenvalue weighted by atomic mass is 16.5. The number of hydrogen-bond acceptors (Lipinski definition) is 6. The SMILES string of the molecule is COC(=O)[C@H](Cc1ccccc1)NC(=O)[C@H](CC(=O)OC/C=C(C)/C=C/C=C(C)/C=C/C1=C(C)CCCC1(C)C)NC=O. The Hall–Kier alpha value is -4.20. The van der Waals surface area contributed by atoms with Crippen LogP contribution in [0.2, 0.25) is 0 Å². The molecule has 2 atom stereocenters. The van der Waals surface area contributed by atoms with Crippen LogP contribution in [0.25, 0.3) is 0 Å². The van der Waals surface area contributed by atoms with Gasteiger partial charge < -0.3 is 20.1 Å². The second-order valence-electron chi connectivity index (χ2n) is 11.5. The number of nitrogens with one attached hydrogen (secondary N) is 2. The maximum absolute atomic E-state index is 12.8. The van der Waals surface area contributed by atoms with Crippen LogP contribution in [0.3, 0.4) is 0 Å². The number of ether oxygens (including phenoxy) is 2. The Kier molecular flexibility index (Phi) is 14.4. The van der Waals surface area contributed by atoms with Gasteiger partial charge in [0.2, 0.25) is 12.3 Å². The Balaban J connectivity index is 1.90. The molecule has 1 aliphatic carbocycles. The van der Waals surface area contributed by atoms with Gasteiger partial charge in [-0.3, -0.25) is 14.4 Å². The fourth-order valence-electron chi connectivity index (χ4n) is 4.96. The summed E-state index contributed by atoms with van der Waals surface area (Å²) in [5.74, 6) is -2.00. The molecule has 2 amide bonds. The number of esters is 2. The molecular weight excluding hydrogens is 544 g/mol. The van der Waals surface area contributed by atoms with Gasteiger partial charge in [0.15, 0.2) is 0 Å². The average molecular weight is 591 g/mol. The zero-order chi connectivity index (χ0) is 31.8. The maximum Gasteiger partial charge on any atom is 0.328 e. The van der Waals surface area contributed by atoms with Crippen molar-refractivity contribution in [2.45, 2.75) is 78.8 Å². The van der Waals surface area contributed by atoms with Crippen LogP contribution in [-0.2, 0) is 35.1 Å². The molecule has 0 fully saturated rings. The zero-order valence-electron chi connectivity index (χ0n) is 26.3. The summed E-state index contributed by atoms with van der Waals surface area (Å²) in [6, 6.07) is 6.91. The van der Waals surface area contributed by atoms with Gasteiger partial charge in [0.25, 0.3) is 0 Å². The van der Waals surface area contributed by atoms with E-state index in [4.69, 9.17) is 9.47 Å². The number of hydrogen-bond donors (Lipinski definition) is 2. The normalized spacial score (nSPS) is 17.0. The van der Waals surface area contributed by atoms with Gasteiger partial charge in [0.05, 0.1) is 13.5 Å². The van der Waals surface area contributed by atoms with E-state index in [2.05, 4.69) is 50.5 Å². The van der Waals surface area contributed by atoms with Crippen molar-refractivity contribution < 1.29 is 28.7 Å². The van der Waals surface area contributed by atoms with Gasteiger partial charge in [-0.05, 0) is 62.7 Å². The summed E-state index contributed by atoms with van der Waals surface area (Å²) in [7, 11) is 1.22. The lowest BCUT2D eigenvalue weighted by molar-refractivity contribution is -0.146. The molecule has 1 aromatic carbocycles. The third kappa shape index (κ3) is 12.3. The summed E-state index contributed by atoms with van der Waals surface area (Å²) in [4.78, 5) is 48.7. The van der Waals surface area contributed by atoms with E-state index in [-0.39, 0.29) is 18.4 Å². The van der Waals surface area contributed by atoms with Crippen molar-refractivity contribution in [3.05, 3.63) is 94.6 Å². The molecule has 0 aliphatic heterocycles. The molecule has 0 bridgehead atoms. The van der Waals surface area contributed by atoms with Crippen LogP contribution in [0.15, 0.2) is 89.1 Å². The quantitative estimate of drug-likeness (QED) is 0.159. The van der Waals surface area contributed by atoms with E-state index < -0.39 is 36.4 Å². The molecule has 0 aromatic heterocycles. The van der Waals surface area contributed by atoms with Gasteiger partial charge in [-0.1, -0.05) is 91.3 Å². The van der Waals surface area contributed by atoms with E-state index in [1.165, 1.54) is 31.1 Å². The molecule has 0 saturated heterocycles. The highest BCUT2D eigenvalue weighted by Gasteiger charge is 2.28. The molecule has 43 heavy (non-hydrogen) atoms. The Bertz CT molecular complexity index is 1270. The van der Waals surface area contributed by atoms with Crippen molar-refractivity contribution >= 4 is 24.3 Å². The van der Waals surface area contributed by atoms with Crippen molar-refractivity contribution in [2.75, 3.05) is 13.7 Å². The van der Waals surface area contributed by atoms with Crippen LogP contribution in [-0.4, -0.2) is 50.1 Å². The first kappa shape index (κ1) is 35.0. The molecule has 1 aromatic rings. The molecule has 2 rings (SSSR count). The largest absolute Gasteiger partial charge is 0.467 e. The predicted octanol–water partition coefficient (Wildman–Crippen LogP) is 5.47. The summed E-state index contributed by atoms with van der Waals surface area (Å²) in [5, 5.41) is 4.90. The standard InChI is InChI=1S/C35H46N2O6/c1-25(17-18-29-27(3)14-11-20-35(29,4)5)12-10-13-26(2)19-21-43-32(39)23-30(36-24-38)33(40)37-31(34(41)42-6)22-28-15-8-7-9-16-28/h7-10,12-13,15-19,24,30-31H,11,14,20-23H2,1-6H3,(H,36,38)(H,37,40)/b13-10+,18-17+,25-12+,26-19+/t30-,31-/m0/s1. The van der Waals surface area contributed by atoms with Crippen molar-refractivity contribution in [1.29, 1.82) is 0 Å². The van der Waals surface area contributed by atoms with Crippen LogP contribution in [0, 0.1) is 5.41 Å². The van der Waals surface area contributed by atoms with Gasteiger partial charge in [-0.25, -0.2) is 4.79 Å². The monoisotopic (exact) mass is 590 g/mol. The predicted molar refractivity (Wildman–Crippen MR) is 169 cm³/mol. The topological polar surface area (TPSA) is 111 Å². The minimum atomic E-state index is -1.21. The first-order valence-electron chi connectivity index (χ1n) is 14.6. The summed E-state index contributed by atoms with van der Waals surface area (Å²) < 4.78 is 10.1. The lowest BCUT2D eigenvalue weighted by Gasteiger charge is -2.32. The third-order valence-electron chi connectivity index (χ3n) is 7.46. The third-order valence-corrected chi connectivity index (χ3v) is 7.46. The van der Waals surface area contributed by atoms with Crippen LogP contribution in [0.1, 0.15) is 65.9 Å². The average Bonchev–Trinajstić information content (AvgIpc) is 2.96. The summed E-state index contributed by atoms with van der Waals surface area (Å²) >= 11 is 0. The van der Waals surface area contributed by atoms with Crippen molar-refractivity contribution in [1.82, 2.24) is 10.6 Å². The van der Waals surface area contributed by atoms with Gasteiger partial charge >= 0.3 is 11.9 Å². The fourth-order valence-corrected chi connectivity index (χ4v) is 4.96. The number of carbonyl (C=O) groups excluding carboxylic acids is 4. The molecule has 1 aliphatic rings. The summed E-state index contributed by atoms with van der Waals surface area (Å²) in [6.07, 6.45) is 15.8. The Labute approximate surface area is 256 Å². The Morgan fingerprint density at radius 2 is 1.77 bits per heavy atom. The summed E-state index contributed by atoms with van der Waals surface area (Å²) in [6.45, 7) is 10.8. The Morgan fingerprint density at radius 3 is 2.42 bits per heavy atom. The number of rotatable bonds is 15. The molecular formula is C35H46N2O6. The molecule has 0 radical (unpaired) electrons. The van der Waals surface area contributed by atoms with Crippen LogP contribution in [0.4, 0.5) is 0 Å². The minimum absolute atomic E-state index is 0.00828. The van der Waals surface area contributed by atoms with E-state index in [9.17, 15) is 19.2 Å². The van der Waals surface area contributed by atoms with E-state index in [1.54, 1.807) is 6.08 Å². The molecule has 0 saturated carbocycles. The molecule has 0 unspecified atom stereocenters. The van der Waals surface area contributed by atoms with Crippen molar-refractivity contribution in [3.63, 3.8) is 0 Å². The second-order valence-corrected chi connectivity index (χ2v) is 11.5. The van der Waals surface area contributed by atoms with E-state index in [1.807, 2.05) is 55.5 Å².